The van der Waals surface area contributed by atoms with E-state index in [1.165, 1.54) is 11.3 Å². The molecule has 1 nitrogen and oxygen atoms in total. The van der Waals surface area contributed by atoms with Crippen LogP contribution in [-0.2, 0) is 5.41 Å². The largest absolute Gasteiger partial charge is 0.494 e. The smallest absolute Gasteiger partial charge is 0.119 e. The van der Waals surface area contributed by atoms with E-state index in [0.717, 1.165) is 18.8 Å². The topological polar surface area (TPSA) is 9.23 Å². The molecule has 90 valence electrons. The lowest BCUT2D eigenvalue weighted by molar-refractivity contribution is 0.318. The standard InChI is InChI=1S/C14H22OS/c1-14(2,3)12-6-8-13(9-7-12)15-10-5-11-16-4/h6-9H,5,10-11H2,1-4H3. The van der Waals surface area contributed by atoms with E-state index in [1.54, 1.807) is 0 Å². The van der Waals surface area contributed by atoms with Crippen molar-refractivity contribution in [2.24, 2.45) is 0 Å². The monoisotopic (exact) mass is 238 g/mol. The fourth-order valence-electron chi connectivity index (χ4n) is 1.44. The van der Waals surface area contributed by atoms with Crippen molar-refractivity contribution in [2.45, 2.75) is 32.6 Å². The van der Waals surface area contributed by atoms with Gasteiger partial charge in [0.15, 0.2) is 0 Å². The number of rotatable bonds is 5. The first kappa shape index (κ1) is 13.4. The van der Waals surface area contributed by atoms with E-state index in [1.807, 2.05) is 11.8 Å². The summed E-state index contributed by atoms with van der Waals surface area (Å²) < 4.78 is 5.66. The molecule has 0 fully saturated rings. The van der Waals surface area contributed by atoms with E-state index >= 15 is 0 Å². The highest BCUT2D eigenvalue weighted by atomic mass is 32.2. The molecule has 0 aliphatic heterocycles. The van der Waals surface area contributed by atoms with E-state index < -0.39 is 0 Å². The zero-order chi connectivity index (χ0) is 12.0. The molecule has 0 saturated heterocycles. The van der Waals surface area contributed by atoms with Crippen LogP contribution in [0.3, 0.4) is 0 Å². The second kappa shape index (κ2) is 6.19. The van der Waals surface area contributed by atoms with Gasteiger partial charge in [-0.15, -0.1) is 0 Å². The van der Waals surface area contributed by atoms with Gasteiger partial charge in [0, 0.05) is 0 Å². The van der Waals surface area contributed by atoms with Crippen LogP contribution in [0.15, 0.2) is 24.3 Å². The summed E-state index contributed by atoms with van der Waals surface area (Å²) in [5.41, 5.74) is 1.57. The first-order valence-electron chi connectivity index (χ1n) is 5.76. The predicted octanol–water partition coefficient (Wildman–Crippen LogP) is 4.12. The summed E-state index contributed by atoms with van der Waals surface area (Å²) in [5.74, 6) is 2.15. The zero-order valence-corrected chi connectivity index (χ0v) is 11.6. The van der Waals surface area contributed by atoms with Crippen molar-refractivity contribution in [3.05, 3.63) is 29.8 Å². The minimum absolute atomic E-state index is 0.220. The Morgan fingerprint density at radius 2 is 1.75 bits per heavy atom. The molecule has 0 aliphatic carbocycles. The normalized spacial score (nSPS) is 11.5. The molecule has 0 radical (unpaired) electrons. The Hall–Kier alpha value is -0.630. The minimum Gasteiger partial charge on any atom is -0.494 e. The van der Waals surface area contributed by atoms with Crippen molar-refractivity contribution in [2.75, 3.05) is 18.6 Å². The highest BCUT2D eigenvalue weighted by Gasteiger charge is 2.12. The Labute approximate surface area is 104 Å². The molecule has 0 saturated carbocycles. The average Bonchev–Trinajstić information content (AvgIpc) is 2.24. The molecule has 2 heteroatoms. The van der Waals surface area contributed by atoms with Crippen LogP contribution < -0.4 is 4.74 Å². The molecule has 1 rings (SSSR count). The summed E-state index contributed by atoms with van der Waals surface area (Å²) in [5, 5.41) is 0. The maximum atomic E-state index is 5.66. The van der Waals surface area contributed by atoms with Crippen molar-refractivity contribution < 1.29 is 4.74 Å². The van der Waals surface area contributed by atoms with Crippen LogP contribution in [0.1, 0.15) is 32.8 Å². The highest BCUT2D eigenvalue weighted by Crippen LogP contribution is 2.24. The van der Waals surface area contributed by atoms with Gasteiger partial charge < -0.3 is 4.74 Å². The van der Waals surface area contributed by atoms with Crippen LogP contribution in [-0.4, -0.2) is 18.6 Å². The molecular weight excluding hydrogens is 216 g/mol. The van der Waals surface area contributed by atoms with E-state index in [2.05, 4.69) is 51.3 Å². The third-order valence-electron chi connectivity index (χ3n) is 2.48. The third kappa shape index (κ3) is 4.48. The van der Waals surface area contributed by atoms with Gasteiger partial charge in [0.25, 0.3) is 0 Å². The number of ether oxygens (including phenoxy) is 1. The van der Waals surface area contributed by atoms with Crippen molar-refractivity contribution >= 4 is 11.8 Å². The number of hydrogen-bond acceptors (Lipinski definition) is 2. The maximum Gasteiger partial charge on any atom is 0.119 e. The van der Waals surface area contributed by atoms with Crippen LogP contribution in [0.4, 0.5) is 0 Å². The van der Waals surface area contributed by atoms with Gasteiger partial charge in [-0.3, -0.25) is 0 Å². The van der Waals surface area contributed by atoms with Gasteiger partial charge >= 0.3 is 0 Å². The van der Waals surface area contributed by atoms with Crippen LogP contribution in [0.25, 0.3) is 0 Å². The van der Waals surface area contributed by atoms with Gasteiger partial charge in [0.05, 0.1) is 6.61 Å². The van der Waals surface area contributed by atoms with Crippen molar-refractivity contribution in [1.82, 2.24) is 0 Å². The van der Waals surface area contributed by atoms with Crippen molar-refractivity contribution in [3.63, 3.8) is 0 Å². The fraction of sp³-hybridized carbons (Fsp3) is 0.571. The molecule has 0 bridgehead atoms. The highest BCUT2D eigenvalue weighted by molar-refractivity contribution is 7.98. The number of hydrogen-bond donors (Lipinski definition) is 0. The van der Waals surface area contributed by atoms with Crippen LogP contribution in [0, 0.1) is 0 Å². The summed E-state index contributed by atoms with van der Waals surface area (Å²) >= 11 is 1.86. The SMILES string of the molecule is CSCCCOc1ccc(C(C)(C)C)cc1. The van der Waals surface area contributed by atoms with Crippen LogP contribution >= 0.6 is 11.8 Å². The van der Waals surface area contributed by atoms with Crippen molar-refractivity contribution in [3.8, 4) is 5.75 Å². The molecule has 0 amide bonds. The summed E-state index contributed by atoms with van der Waals surface area (Å²) in [6.45, 7) is 7.49. The number of benzene rings is 1. The van der Waals surface area contributed by atoms with Gasteiger partial charge in [0.2, 0.25) is 0 Å². The summed E-state index contributed by atoms with van der Waals surface area (Å²) in [6.07, 6.45) is 3.24. The summed E-state index contributed by atoms with van der Waals surface area (Å²) in [6, 6.07) is 8.45. The van der Waals surface area contributed by atoms with E-state index in [0.29, 0.717) is 0 Å². The first-order valence-corrected chi connectivity index (χ1v) is 7.15. The molecule has 0 unspecified atom stereocenters. The van der Waals surface area contributed by atoms with Gasteiger partial charge in [-0.1, -0.05) is 32.9 Å². The second-order valence-electron chi connectivity index (χ2n) is 4.97. The Morgan fingerprint density at radius 3 is 2.25 bits per heavy atom. The van der Waals surface area contributed by atoms with Gasteiger partial charge in [-0.2, -0.15) is 11.8 Å². The van der Waals surface area contributed by atoms with E-state index in [4.69, 9.17) is 4.74 Å². The maximum absolute atomic E-state index is 5.66. The predicted molar refractivity (Wildman–Crippen MR) is 73.6 cm³/mol. The molecule has 1 aromatic rings. The minimum atomic E-state index is 0.220. The van der Waals surface area contributed by atoms with Crippen molar-refractivity contribution in [1.29, 1.82) is 0 Å². The molecule has 0 heterocycles. The lowest BCUT2D eigenvalue weighted by Crippen LogP contribution is -2.10. The Morgan fingerprint density at radius 1 is 1.12 bits per heavy atom. The van der Waals surface area contributed by atoms with Gasteiger partial charge in [0.1, 0.15) is 5.75 Å². The molecule has 0 aromatic heterocycles. The lowest BCUT2D eigenvalue weighted by Gasteiger charge is -2.19. The third-order valence-corrected chi connectivity index (χ3v) is 3.18. The average molecular weight is 238 g/mol. The summed E-state index contributed by atoms with van der Waals surface area (Å²) in [4.78, 5) is 0. The Balaban J connectivity index is 2.46. The lowest BCUT2D eigenvalue weighted by atomic mass is 9.87. The van der Waals surface area contributed by atoms with Crippen LogP contribution in [0.5, 0.6) is 5.75 Å². The molecule has 0 aliphatic rings. The second-order valence-corrected chi connectivity index (χ2v) is 5.95. The fourth-order valence-corrected chi connectivity index (χ4v) is 1.85. The Kier molecular flexibility index (Phi) is 5.20. The summed E-state index contributed by atoms with van der Waals surface area (Å²) in [7, 11) is 0. The molecule has 0 N–H and O–H groups in total. The van der Waals surface area contributed by atoms with Crippen LogP contribution in [0.2, 0.25) is 0 Å². The van der Waals surface area contributed by atoms with E-state index in [9.17, 15) is 0 Å². The molecular formula is C14H22OS. The number of thioether (sulfide) groups is 1. The zero-order valence-electron chi connectivity index (χ0n) is 10.7. The Bertz CT molecular complexity index is 298. The van der Waals surface area contributed by atoms with Gasteiger partial charge in [-0.05, 0) is 41.5 Å². The molecule has 0 atom stereocenters. The molecule has 1 aromatic carbocycles. The quantitative estimate of drug-likeness (QED) is 0.714. The molecule has 16 heavy (non-hydrogen) atoms. The first-order chi connectivity index (χ1) is 7.54. The molecule has 0 spiro atoms. The van der Waals surface area contributed by atoms with E-state index in [-0.39, 0.29) is 5.41 Å². The van der Waals surface area contributed by atoms with Gasteiger partial charge in [-0.25, -0.2) is 0 Å².